The van der Waals surface area contributed by atoms with Gasteiger partial charge in [0.2, 0.25) is 0 Å². The molecule has 0 aromatic heterocycles. The number of aryl methyl sites for hydroxylation is 2. The molecule has 4 heteroatoms. The molecule has 0 bridgehead atoms. The smallest absolute Gasteiger partial charge is 0.417 e. The molecule has 0 N–H and O–H groups in total. The fraction of sp³-hybridized carbons (Fsp3) is 0.368. The average molecular weight is 326 g/mol. The molecule has 0 saturated carbocycles. The van der Waals surface area contributed by atoms with E-state index in [1.807, 2.05) is 6.92 Å². The maximum atomic E-state index is 6.20. The molecule has 2 aliphatic carbocycles. The van der Waals surface area contributed by atoms with E-state index >= 15 is 0 Å². The van der Waals surface area contributed by atoms with Crippen molar-refractivity contribution in [3.8, 4) is 11.5 Å². The largest absolute Gasteiger partial charge is 0.463 e. The Kier molecular flexibility index (Phi) is 2.98. The van der Waals surface area contributed by atoms with Gasteiger partial charge in [0, 0.05) is 16.5 Å². The van der Waals surface area contributed by atoms with E-state index in [-0.39, 0.29) is 5.41 Å². The van der Waals surface area contributed by atoms with Crippen LogP contribution in [0.4, 0.5) is 0 Å². The van der Waals surface area contributed by atoms with Gasteiger partial charge in [-0.1, -0.05) is 24.3 Å². The van der Waals surface area contributed by atoms with Crippen LogP contribution in [0, 0.1) is 0 Å². The second-order valence-electron chi connectivity index (χ2n) is 6.49. The van der Waals surface area contributed by atoms with E-state index in [0.29, 0.717) is 6.61 Å². The van der Waals surface area contributed by atoms with E-state index in [4.69, 9.17) is 13.6 Å². The van der Waals surface area contributed by atoms with Gasteiger partial charge in [0.05, 0.1) is 6.61 Å². The van der Waals surface area contributed by atoms with Crippen molar-refractivity contribution in [2.75, 3.05) is 6.61 Å². The minimum atomic E-state index is -1.40. The first kappa shape index (κ1) is 13.8. The predicted octanol–water partition coefficient (Wildman–Crippen LogP) is 4.90. The van der Waals surface area contributed by atoms with E-state index in [9.17, 15) is 0 Å². The van der Waals surface area contributed by atoms with Crippen LogP contribution >= 0.6 is 8.60 Å². The third-order valence-electron chi connectivity index (χ3n) is 5.40. The Bertz CT molecular complexity index is 723. The molecule has 0 saturated heterocycles. The van der Waals surface area contributed by atoms with Gasteiger partial charge >= 0.3 is 8.60 Å². The van der Waals surface area contributed by atoms with Gasteiger partial charge in [-0.15, -0.1) is 0 Å². The predicted molar refractivity (Wildman–Crippen MR) is 90.1 cm³/mol. The lowest BCUT2D eigenvalue weighted by molar-refractivity contribution is 0.273. The van der Waals surface area contributed by atoms with Crippen LogP contribution in [0.25, 0.3) is 0 Å². The Morgan fingerprint density at radius 2 is 1.52 bits per heavy atom. The average Bonchev–Trinajstić information content (AvgIpc) is 3.11. The molecule has 5 rings (SSSR count). The van der Waals surface area contributed by atoms with Gasteiger partial charge in [0.15, 0.2) is 0 Å². The topological polar surface area (TPSA) is 27.7 Å². The number of hydrogen-bond donors (Lipinski definition) is 0. The van der Waals surface area contributed by atoms with Crippen molar-refractivity contribution < 1.29 is 13.6 Å². The third kappa shape index (κ3) is 1.84. The SMILES string of the molecule is CCOP1Oc2cccc3c2C2(CC3)CCc3cccc(c32)O1. The van der Waals surface area contributed by atoms with Crippen LogP contribution < -0.4 is 9.05 Å². The fourth-order valence-electron chi connectivity index (χ4n) is 4.59. The summed E-state index contributed by atoms with van der Waals surface area (Å²) >= 11 is 0. The highest BCUT2D eigenvalue weighted by Crippen LogP contribution is 2.61. The first-order valence-corrected chi connectivity index (χ1v) is 9.45. The summed E-state index contributed by atoms with van der Waals surface area (Å²) in [5.74, 6) is 1.92. The van der Waals surface area contributed by atoms with Crippen molar-refractivity contribution in [3.05, 3.63) is 58.7 Å². The number of hydrogen-bond acceptors (Lipinski definition) is 3. The highest BCUT2D eigenvalue weighted by atomic mass is 31.2. The summed E-state index contributed by atoms with van der Waals surface area (Å²) in [4.78, 5) is 0. The molecule has 3 nitrogen and oxygen atoms in total. The second-order valence-corrected chi connectivity index (χ2v) is 7.56. The summed E-state index contributed by atoms with van der Waals surface area (Å²) in [5.41, 5.74) is 5.71. The van der Waals surface area contributed by atoms with Gasteiger partial charge in [0.25, 0.3) is 0 Å². The van der Waals surface area contributed by atoms with E-state index in [0.717, 1.165) is 37.2 Å². The van der Waals surface area contributed by atoms with Crippen LogP contribution in [0.1, 0.15) is 42.0 Å². The number of rotatable bonds is 2. The number of benzene rings is 2. The Morgan fingerprint density at radius 1 is 0.957 bits per heavy atom. The summed E-state index contributed by atoms with van der Waals surface area (Å²) in [7, 11) is -1.40. The third-order valence-corrected chi connectivity index (χ3v) is 6.57. The lowest BCUT2D eigenvalue weighted by atomic mass is 9.76. The van der Waals surface area contributed by atoms with Crippen molar-refractivity contribution in [1.29, 1.82) is 0 Å². The minimum absolute atomic E-state index is 0.0749. The van der Waals surface area contributed by atoms with Crippen LogP contribution in [0.15, 0.2) is 36.4 Å². The molecule has 1 spiro atoms. The van der Waals surface area contributed by atoms with E-state index < -0.39 is 8.60 Å². The molecule has 0 unspecified atom stereocenters. The zero-order chi connectivity index (χ0) is 15.4. The van der Waals surface area contributed by atoms with Crippen LogP contribution in [-0.4, -0.2) is 6.61 Å². The van der Waals surface area contributed by atoms with Gasteiger partial charge in [0.1, 0.15) is 11.5 Å². The minimum Gasteiger partial charge on any atom is -0.417 e. The quantitative estimate of drug-likeness (QED) is 0.735. The van der Waals surface area contributed by atoms with Gasteiger partial charge < -0.3 is 9.05 Å². The van der Waals surface area contributed by atoms with Gasteiger partial charge in [-0.2, -0.15) is 0 Å². The van der Waals surface area contributed by atoms with Crippen molar-refractivity contribution in [1.82, 2.24) is 0 Å². The maximum Gasteiger partial charge on any atom is 0.463 e. The van der Waals surface area contributed by atoms with E-state index in [1.54, 1.807) is 0 Å². The summed E-state index contributed by atoms with van der Waals surface area (Å²) < 4.78 is 18.1. The molecule has 1 heterocycles. The van der Waals surface area contributed by atoms with Crippen LogP contribution in [0.5, 0.6) is 11.5 Å². The summed E-state index contributed by atoms with van der Waals surface area (Å²) in [6.07, 6.45) is 4.55. The molecule has 0 fully saturated rings. The Labute approximate surface area is 137 Å². The molecule has 1 aliphatic heterocycles. The molecule has 118 valence electrons. The summed E-state index contributed by atoms with van der Waals surface area (Å²) in [5, 5.41) is 0. The molecule has 0 radical (unpaired) electrons. The lowest BCUT2D eigenvalue weighted by Crippen LogP contribution is -2.24. The summed E-state index contributed by atoms with van der Waals surface area (Å²) in [6, 6.07) is 12.9. The monoisotopic (exact) mass is 326 g/mol. The van der Waals surface area contributed by atoms with E-state index in [1.165, 1.54) is 22.3 Å². The zero-order valence-electron chi connectivity index (χ0n) is 13.2. The Hall–Kier alpha value is -1.57. The normalized spacial score (nSPS) is 20.0. The molecular formula is C19H19O3P. The van der Waals surface area contributed by atoms with Crippen LogP contribution in [-0.2, 0) is 22.8 Å². The fourth-order valence-corrected chi connectivity index (χ4v) is 5.57. The molecular weight excluding hydrogens is 307 g/mol. The van der Waals surface area contributed by atoms with Crippen molar-refractivity contribution in [2.45, 2.75) is 38.0 Å². The zero-order valence-corrected chi connectivity index (χ0v) is 14.1. The molecule has 2 aromatic carbocycles. The Morgan fingerprint density at radius 3 is 2.04 bits per heavy atom. The van der Waals surface area contributed by atoms with Gasteiger partial charge in [-0.05, 0) is 55.9 Å². The van der Waals surface area contributed by atoms with E-state index in [2.05, 4.69) is 36.4 Å². The van der Waals surface area contributed by atoms with Gasteiger partial charge in [-0.3, -0.25) is 4.52 Å². The molecule has 23 heavy (non-hydrogen) atoms. The van der Waals surface area contributed by atoms with Crippen LogP contribution in [0.2, 0.25) is 0 Å². The first-order valence-electron chi connectivity index (χ1n) is 8.35. The molecule has 0 atom stereocenters. The second kappa shape index (κ2) is 4.96. The van der Waals surface area contributed by atoms with Crippen LogP contribution in [0.3, 0.4) is 0 Å². The molecule has 2 aromatic rings. The highest BCUT2D eigenvalue weighted by molar-refractivity contribution is 7.42. The standard InChI is InChI=1S/C19H19O3P/c1-2-20-23-21-15-7-3-5-13-9-11-19(17(13)15)12-10-14-6-4-8-16(22-23)18(14)19/h3-8H,2,9-12H2,1H3. The molecule has 3 aliphatic rings. The van der Waals surface area contributed by atoms with Crippen molar-refractivity contribution in [2.24, 2.45) is 0 Å². The first-order chi connectivity index (χ1) is 11.3. The van der Waals surface area contributed by atoms with Gasteiger partial charge in [-0.25, -0.2) is 0 Å². The summed E-state index contributed by atoms with van der Waals surface area (Å²) in [6.45, 7) is 2.56. The Balaban J connectivity index is 1.79. The highest BCUT2D eigenvalue weighted by Gasteiger charge is 2.50. The maximum absolute atomic E-state index is 6.20. The lowest BCUT2D eigenvalue weighted by Gasteiger charge is -2.33. The van der Waals surface area contributed by atoms with Crippen molar-refractivity contribution in [3.63, 3.8) is 0 Å². The molecule has 0 amide bonds. The van der Waals surface area contributed by atoms with Crippen molar-refractivity contribution >= 4 is 8.60 Å².